The summed E-state index contributed by atoms with van der Waals surface area (Å²) in [5.41, 5.74) is 1.13. The molecule has 0 unspecified atom stereocenters. The third-order valence-corrected chi connectivity index (χ3v) is 2.56. The largest absolute Gasteiger partial charge is 0.269 e. The van der Waals surface area contributed by atoms with Crippen LogP contribution in [0.2, 0.25) is 0 Å². The molecule has 0 saturated heterocycles. The first-order chi connectivity index (χ1) is 5.90. The van der Waals surface area contributed by atoms with E-state index in [2.05, 4.69) is 22.6 Å². The van der Waals surface area contributed by atoms with Gasteiger partial charge in [0.2, 0.25) is 0 Å². The first-order valence-corrected chi connectivity index (χ1v) is 4.57. The Hall–Kier alpha value is -1.05. The van der Waals surface area contributed by atoms with Gasteiger partial charge in [-0.25, -0.2) is 0 Å². The lowest BCUT2D eigenvalue weighted by Crippen LogP contribution is -2.04. The van der Waals surface area contributed by atoms with Crippen molar-refractivity contribution in [2.45, 2.75) is 31.7 Å². The van der Waals surface area contributed by atoms with Gasteiger partial charge in [-0.1, -0.05) is 25.5 Å². The molecule has 0 radical (unpaired) electrons. The molecule has 0 aromatic carbocycles. The van der Waals surface area contributed by atoms with Gasteiger partial charge in [0.25, 0.3) is 0 Å². The van der Waals surface area contributed by atoms with E-state index >= 15 is 0 Å². The summed E-state index contributed by atoms with van der Waals surface area (Å²) >= 11 is 0. The van der Waals surface area contributed by atoms with E-state index in [0.717, 1.165) is 5.56 Å². The minimum Gasteiger partial charge on any atom is -0.269 e. The summed E-state index contributed by atoms with van der Waals surface area (Å²) in [6, 6.07) is 0.652. The Morgan fingerprint density at radius 3 is 2.83 bits per heavy atom. The van der Waals surface area contributed by atoms with Gasteiger partial charge in [0, 0.05) is 11.8 Å². The maximum Gasteiger partial charge on any atom is 0.0562 e. The van der Waals surface area contributed by atoms with Crippen LogP contribution in [0, 0.1) is 0 Å². The van der Waals surface area contributed by atoms with Gasteiger partial charge in [0.05, 0.1) is 12.2 Å². The van der Waals surface area contributed by atoms with Gasteiger partial charge in [-0.2, -0.15) is 5.10 Å². The normalized spacial score (nSPS) is 18.3. The second kappa shape index (κ2) is 3.13. The summed E-state index contributed by atoms with van der Waals surface area (Å²) in [7, 11) is 0. The zero-order chi connectivity index (χ0) is 8.39. The molecule has 1 aliphatic carbocycles. The Bertz CT molecular complexity index is 269. The monoisotopic (exact) mass is 162 g/mol. The van der Waals surface area contributed by atoms with Gasteiger partial charge in [-0.05, 0) is 12.8 Å². The molecule has 1 aliphatic rings. The number of rotatable bonds is 2. The quantitative estimate of drug-likeness (QED) is 0.653. The van der Waals surface area contributed by atoms with E-state index in [-0.39, 0.29) is 0 Å². The fraction of sp³-hybridized carbons (Fsp3) is 0.500. The average Bonchev–Trinajstić information content (AvgIpc) is 2.75. The third kappa shape index (κ3) is 1.29. The highest BCUT2D eigenvalue weighted by Crippen LogP contribution is 2.28. The van der Waals surface area contributed by atoms with Crippen molar-refractivity contribution in [3.8, 4) is 0 Å². The van der Waals surface area contributed by atoms with Crippen LogP contribution in [-0.4, -0.2) is 9.78 Å². The predicted molar refractivity (Wildman–Crippen MR) is 49.8 cm³/mol. The van der Waals surface area contributed by atoms with Gasteiger partial charge >= 0.3 is 0 Å². The van der Waals surface area contributed by atoms with Crippen molar-refractivity contribution in [1.82, 2.24) is 9.78 Å². The molecule has 0 bridgehead atoms. The van der Waals surface area contributed by atoms with Crippen LogP contribution in [0.1, 0.15) is 37.3 Å². The molecular formula is C10H14N2. The molecule has 0 amide bonds. The van der Waals surface area contributed by atoms with Crippen LogP contribution < -0.4 is 0 Å². The molecule has 12 heavy (non-hydrogen) atoms. The average molecular weight is 162 g/mol. The second-order valence-corrected chi connectivity index (χ2v) is 3.40. The third-order valence-electron chi connectivity index (χ3n) is 2.56. The van der Waals surface area contributed by atoms with Gasteiger partial charge in [0.1, 0.15) is 0 Å². The molecule has 1 aromatic heterocycles. The standard InChI is InChI=1S/C10H14N2/c1-2-9-7-11-12(8-9)10-5-3-4-6-10/h2,7-8,10H,1,3-6H2. The second-order valence-electron chi connectivity index (χ2n) is 3.40. The Balaban J connectivity index is 2.16. The molecular weight excluding hydrogens is 148 g/mol. The lowest BCUT2D eigenvalue weighted by molar-refractivity contribution is 0.467. The van der Waals surface area contributed by atoms with E-state index in [1.54, 1.807) is 0 Å². The maximum atomic E-state index is 4.31. The predicted octanol–water partition coefficient (Wildman–Crippen LogP) is 2.64. The molecule has 0 aliphatic heterocycles. The van der Waals surface area contributed by atoms with Crippen molar-refractivity contribution in [3.05, 3.63) is 24.5 Å². The fourth-order valence-corrected chi connectivity index (χ4v) is 1.83. The van der Waals surface area contributed by atoms with Crippen molar-refractivity contribution < 1.29 is 0 Å². The Morgan fingerprint density at radius 1 is 1.50 bits per heavy atom. The van der Waals surface area contributed by atoms with Crippen LogP contribution in [0.4, 0.5) is 0 Å². The van der Waals surface area contributed by atoms with E-state index in [1.807, 2.05) is 12.3 Å². The maximum absolute atomic E-state index is 4.31. The van der Waals surface area contributed by atoms with Crippen LogP contribution in [0.15, 0.2) is 19.0 Å². The lowest BCUT2D eigenvalue weighted by atomic mass is 10.2. The smallest absolute Gasteiger partial charge is 0.0562 e. The topological polar surface area (TPSA) is 17.8 Å². The number of aromatic nitrogens is 2. The molecule has 2 heteroatoms. The zero-order valence-electron chi connectivity index (χ0n) is 7.24. The van der Waals surface area contributed by atoms with Crippen molar-refractivity contribution >= 4 is 6.08 Å². The van der Waals surface area contributed by atoms with Crippen LogP contribution >= 0.6 is 0 Å². The van der Waals surface area contributed by atoms with Crippen molar-refractivity contribution in [2.24, 2.45) is 0 Å². The molecule has 2 rings (SSSR count). The Kier molecular flexibility index (Phi) is 1.98. The van der Waals surface area contributed by atoms with Crippen LogP contribution in [-0.2, 0) is 0 Å². The van der Waals surface area contributed by atoms with Crippen LogP contribution in [0.3, 0.4) is 0 Å². The van der Waals surface area contributed by atoms with Gasteiger partial charge < -0.3 is 0 Å². The summed E-state index contributed by atoms with van der Waals surface area (Å²) in [4.78, 5) is 0. The highest BCUT2D eigenvalue weighted by molar-refractivity contribution is 5.43. The molecule has 0 spiro atoms. The van der Waals surface area contributed by atoms with Crippen LogP contribution in [0.25, 0.3) is 6.08 Å². The van der Waals surface area contributed by atoms with E-state index in [1.165, 1.54) is 25.7 Å². The Labute approximate surface area is 72.9 Å². The van der Waals surface area contributed by atoms with Crippen molar-refractivity contribution in [1.29, 1.82) is 0 Å². The summed E-state index contributed by atoms with van der Waals surface area (Å²) in [5, 5.41) is 4.31. The van der Waals surface area contributed by atoms with Gasteiger partial charge in [-0.15, -0.1) is 0 Å². The fourth-order valence-electron chi connectivity index (χ4n) is 1.83. The molecule has 1 fully saturated rings. The number of hydrogen-bond acceptors (Lipinski definition) is 1. The molecule has 0 atom stereocenters. The molecule has 0 N–H and O–H groups in total. The molecule has 2 nitrogen and oxygen atoms in total. The van der Waals surface area contributed by atoms with Gasteiger partial charge in [0.15, 0.2) is 0 Å². The Morgan fingerprint density at radius 2 is 2.25 bits per heavy atom. The minimum atomic E-state index is 0.652. The SMILES string of the molecule is C=Cc1cnn(C2CCCC2)c1. The van der Waals surface area contributed by atoms with E-state index < -0.39 is 0 Å². The summed E-state index contributed by atoms with van der Waals surface area (Å²) in [6.07, 6.45) is 11.1. The van der Waals surface area contributed by atoms with Crippen molar-refractivity contribution in [2.75, 3.05) is 0 Å². The molecule has 1 saturated carbocycles. The van der Waals surface area contributed by atoms with Crippen LogP contribution in [0.5, 0.6) is 0 Å². The first-order valence-electron chi connectivity index (χ1n) is 4.57. The summed E-state index contributed by atoms with van der Waals surface area (Å²) < 4.78 is 2.09. The molecule has 1 aromatic rings. The summed E-state index contributed by atoms with van der Waals surface area (Å²) in [5.74, 6) is 0. The van der Waals surface area contributed by atoms with Crippen molar-refractivity contribution in [3.63, 3.8) is 0 Å². The zero-order valence-corrected chi connectivity index (χ0v) is 7.24. The highest BCUT2D eigenvalue weighted by Gasteiger charge is 2.16. The first kappa shape index (κ1) is 7.59. The van der Waals surface area contributed by atoms with E-state index in [9.17, 15) is 0 Å². The summed E-state index contributed by atoms with van der Waals surface area (Å²) in [6.45, 7) is 3.72. The molecule has 64 valence electrons. The van der Waals surface area contributed by atoms with E-state index in [4.69, 9.17) is 0 Å². The minimum absolute atomic E-state index is 0.652. The number of hydrogen-bond donors (Lipinski definition) is 0. The lowest BCUT2D eigenvalue weighted by Gasteiger charge is -2.07. The van der Waals surface area contributed by atoms with Gasteiger partial charge in [-0.3, -0.25) is 4.68 Å². The molecule has 1 heterocycles. The number of nitrogens with zero attached hydrogens (tertiary/aromatic N) is 2. The van der Waals surface area contributed by atoms with E-state index in [0.29, 0.717) is 6.04 Å². The highest BCUT2D eigenvalue weighted by atomic mass is 15.3.